The summed E-state index contributed by atoms with van der Waals surface area (Å²) in [6.45, 7) is 8.05. The molecule has 3 heterocycles. The first-order valence-corrected chi connectivity index (χ1v) is 11.8. The van der Waals surface area contributed by atoms with E-state index in [9.17, 15) is 4.79 Å². The first-order chi connectivity index (χ1) is 16.0. The normalized spacial score (nSPS) is 14.4. The van der Waals surface area contributed by atoms with Crippen LogP contribution < -0.4 is 10.3 Å². The number of pyridine rings is 1. The van der Waals surface area contributed by atoms with Gasteiger partial charge in [-0.1, -0.05) is 23.7 Å². The van der Waals surface area contributed by atoms with E-state index in [-0.39, 0.29) is 5.56 Å². The van der Waals surface area contributed by atoms with Crippen LogP contribution in [0.5, 0.6) is 5.75 Å². The highest BCUT2D eigenvalue weighted by atomic mass is 35.5. The van der Waals surface area contributed by atoms with E-state index < -0.39 is 0 Å². The zero-order valence-corrected chi connectivity index (χ0v) is 19.8. The van der Waals surface area contributed by atoms with Crippen molar-refractivity contribution in [1.82, 2.24) is 14.0 Å². The molecule has 5 nitrogen and oxygen atoms in total. The van der Waals surface area contributed by atoms with Crippen LogP contribution in [0.2, 0.25) is 5.02 Å². The average molecular weight is 462 g/mol. The summed E-state index contributed by atoms with van der Waals surface area (Å²) in [7, 11) is 0. The van der Waals surface area contributed by atoms with Crippen molar-refractivity contribution in [1.29, 1.82) is 0 Å². The van der Waals surface area contributed by atoms with Crippen LogP contribution in [0.25, 0.3) is 16.6 Å². The van der Waals surface area contributed by atoms with Gasteiger partial charge in [0, 0.05) is 71.7 Å². The maximum atomic E-state index is 12.8. The third-order valence-electron chi connectivity index (χ3n) is 6.45. The number of hydrogen-bond donors (Lipinski definition) is 0. The van der Waals surface area contributed by atoms with Crippen LogP contribution in [0.15, 0.2) is 71.7 Å². The van der Waals surface area contributed by atoms with Crippen LogP contribution in [-0.2, 0) is 19.6 Å². The molecule has 1 aliphatic heterocycles. The molecule has 0 saturated carbocycles. The van der Waals surface area contributed by atoms with E-state index in [1.54, 1.807) is 10.8 Å². The number of fused-ring (bicyclic) bond motifs is 3. The van der Waals surface area contributed by atoms with Crippen molar-refractivity contribution in [2.75, 3.05) is 13.1 Å². The molecule has 0 radical (unpaired) electrons. The van der Waals surface area contributed by atoms with Gasteiger partial charge in [0.15, 0.2) is 0 Å². The second-order valence-corrected chi connectivity index (χ2v) is 9.33. The summed E-state index contributed by atoms with van der Waals surface area (Å²) in [5, 5.41) is 1.87. The van der Waals surface area contributed by atoms with Crippen molar-refractivity contribution in [3.8, 4) is 11.4 Å². The van der Waals surface area contributed by atoms with Gasteiger partial charge in [-0.05, 0) is 61.9 Å². The van der Waals surface area contributed by atoms with E-state index in [1.807, 2.05) is 36.4 Å². The van der Waals surface area contributed by atoms with Gasteiger partial charge >= 0.3 is 0 Å². The van der Waals surface area contributed by atoms with Crippen molar-refractivity contribution in [2.45, 2.75) is 39.5 Å². The van der Waals surface area contributed by atoms with E-state index in [1.165, 1.54) is 22.7 Å². The predicted molar refractivity (Wildman–Crippen MR) is 134 cm³/mol. The molecule has 0 fully saturated rings. The Labute approximate surface area is 198 Å². The third kappa shape index (κ3) is 4.56. The monoisotopic (exact) mass is 461 g/mol. The molecule has 0 unspecified atom stereocenters. The van der Waals surface area contributed by atoms with Crippen LogP contribution in [-0.4, -0.2) is 33.2 Å². The lowest BCUT2D eigenvalue weighted by Gasteiger charge is -2.23. The predicted octanol–water partition coefficient (Wildman–Crippen LogP) is 5.29. The lowest BCUT2D eigenvalue weighted by molar-refractivity contribution is 0.227. The molecule has 0 saturated heterocycles. The van der Waals surface area contributed by atoms with E-state index in [2.05, 4.69) is 41.5 Å². The van der Waals surface area contributed by atoms with Gasteiger partial charge in [0.1, 0.15) is 12.4 Å². The number of rotatable bonds is 5. The smallest absolute Gasteiger partial charge is 0.258 e. The Hall–Kier alpha value is -3.02. The Morgan fingerprint density at radius 2 is 1.79 bits per heavy atom. The molecular formula is C27H28ClN3O2. The van der Waals surface area contributed by atoms with Crippen LogP contribution in [0.4, 0.5) is 0 Å². The summed E-state index contributed by atoms with van der Waals surface area (Å²) >= 11 is 5.93. The van der Waals surface area contributed by atoms with Gasteiger partial charge in [0.2, 0.25) is 0 Å². The standard InChI is InChI=1S/C27H28ClN3O2/c1-19(2)29-11-9-24-16-21-15-23(7-8-26(21)30(24)14-13-29)31-12-10-25(17-27(31)32)33-18-20-3-5-22(28)6-4-20/h3-8,10,12,15-17,19H,9,11,13-14,18H2,1-2H3. The molecular weight excluding hydrogens is 434 g/mol. The van der Waals surface area contributed by atoms with Gasteiger partial charge < -0.3 is 9.30 Å². The van der Waals surface area contributed by atoms with Crippen LogP contribution in [0, 0.1) is 0 Å². The molecule has 170 valence electrons. The van der Waals surface area contributed by atoms with Crippen LogP contribution in [0.1, 0.15) is 25.1 Å². The Bertz CT molecular complexity index is 1340. The molecule has 0 N–H and O–H groups in total. The summed E-state index contributed by atoms with van der Waals surface area (Å²) in [4.78, 5) is 15.4. The molecule has 2 aromatic carbocycles. The molecule has 0 aliphatic carbocycles. The highest BCUT2D eigenvalue weighted by Crippen LogP contribution is 2.25. The number of benzene rings is 2. The highest BCUT2D eigenvalue weighted by molar-refractivity contribution is 6.30. The number of halogens is 1. The fourth-order valence-corrected chi connectivity index (χ4v) is 4.69. The number of nitrogens with zero attached hydrogens (tertiary/aromatic N) is 3. The maximum absolute atomic E-state index is 12.8. The van der Waals surface area contributed by atoms with Gasteiger partial charge in [-0.15, -0.1) is 0 Å². The average Bonchev–Trinajstić information content (AvgIpc) is 3.01. The van der Waals surface area contributed by atoms with Crippen molar-refractivity contribution in [3.63, 3.8) is 0 Å². The first-order valence-electron chi connectivity index (χ1n) is 11.4. The number of hydrogen-bond acceptors (Lipinski definition) is 3. The molecule has 0 bridgehead atoms. The summed E-state index contributed by atoms with van der Waals surface area (Å²) in [5.74, 6) is 0.553. The SMILES string of the molecule is CC(C)N1CCc2cc3cc(-n4ccc(OCc5ccc(Cl)cc5)cc4=O)ccc3n2CC1. The van der Waals surface area contributed by atoms with E-state index >= 15 is 0 Å². The highest BCUT2D eigenvalue weighted by Gasteiger charge is 2.18. The summed E-state index contributed by atoms with van der Waals surface area (Å²) < 4.78 is 9.90. The van der Waals surface area contributed by atoms with Gasteiger partial charge in [-0.2, -0.15) is 0 Å². The maximum Gasteiger partial charge on any atom is 0.258 e. The fraction of sp³-hybridized carbons (Fsp3) is 0.296. The summed E-state index contributed by atoms with van der Waals surface area (Å²) in [5.41, 5.74) is 4.34. The van der Waals surface area contributed by atoms with Crippen molar-refractivity contribution < 1.29 is 4.74 Å². The minimum absolute atomic E-state index is 0.115. The topological polar surface area (TPSA) is 39.4 Å². The Morgan fingerprint density at radius 3 is 2.55 bits per heavy atom. The molecule has 6 heteroatoms. The van der Waals surface area contributed by atoms with Crippen molar-refractivity contribution >= 4 is 22.5 Å². The third-order valence-corrected chi connectivity index (χ3v) is 6.71. The molecule has 33 heavy (non-hydrogen) atoms. The lowest BCUT2D eigenvalue weighted by Crippen LogP contribution is -2.33. The molecule has 5 rings (SSSR count). The van der Waals surface area contributed by atoms with Gasteiger partial charge in [-0.25, -0.2) is 0 Å². The van der Waals surface area contributed by atoms with Crippen molar-refractivity contribution in [2.24, 2.45) is 0 Å². The fourth-order valence-electron chi connectivity index (χ4n) is 4.56. The Kier molecular flexibility index (Phi) is 6.00. The van der Waals surface area contributed by atoms with Crippen LogP contribution >= 0.6 is 11.6 Å². The summed E-state index contributed by atoms with van der Waals surface area (Å²) in [6.07, 6.45) is 2.82. The number of aromatic nitrogens is 2. The lowest BCUT2D eigenvalue weighted by atomic mass is 10.2. The number of ether oxygens (including phenoxy) is 1. The van der Waals surface area contributed by atoms with Gasteiger partial charge in [0.05, 0.1) is 0 Å². The zero-order chi connectivity index (χ0) is 22.9. The van der Waals surface area contributed by atoms with Crippen molar-refractivity contribution in [3.05, 3.63) is 93.5 Å². The van der Waals surface area contributed by atoms with Gasteiger partial charge in [-0.3, -0.25) is 14.3 Å². The quantitative estimate of drug-likeness (QED) is 0.405. The minimum atomic E-state index is -0.115. The molecule has 1 aliphatic rings. The second-order valence-electron chi connectivity index (χ2n) is 8.90. The Balaban J connectivity index is 1.36. The van der Waals surface area contributed by atoms with Gasteiger partial charge in [0.25, 0.3) is 5.56 Å². The Morgan fingerprint density at radius 1 is 0.970 bits per heavy atom. The van der Waals surface area contributed by atoms with E-state index in [4.69, 9.17) is 16.3 Å². The largest absolute Gasteiger partial charge is 0.489 e. The van der Waals surface area contributed by atoms with E-state index in [0.29, 0.717) is 23.4 Å². The summed E-state index contributed by atoms with van der Waals surface area (Å²) in [6, 6.07) is 20.0. The minimum Gasteiger partial charge on any atom is -0.489 e. The molecule has 2 aromatic heterocycles. The second kappa shape index (κ2) is 9.08. The molecule has 0 amide bonds. The molecule has 0 spiro atoms. The van der Waals surface area contributed by atoms with Crippen LogP contribution in [0.3, 0.4) is 0 Å². The zero-order valence-electron chi connectivity index (χ0n) is 19.0. The van der Waals surface area contributed by atoms with E-state index in [0.717, 1.165) is 37.3 Å². The molecule has 0 atom stereocenters. The molecule has 4 aromatic rings. The first kappa shape index (κ1) is 21.8.